The number of carbonyl (C=O) groups is 2. The molecule has 0 bridgehead atoms. The quantitative estimate of drug-likeness (QED) is 0.547. The molecule has 4 heteroatoms. The third-order valence-electron chi connectivity index (χ3n) is 1.84. The van der Waals surface area contributed by atoms with Crippen molar-refractivity contribution in [3.05, 3.63) is 12.7 Å². The Morgan fingerprint density at radius 3 is 2.64 bits per heavy atom. The maximum Gasteiger partial charge on any atom is 0.333 e. The maximum absolute atomic E-state index is 10.7. The van der Waals surface area contributed by atoms with Crippen molar-refractivity contribution in [2.24, 2.45) is 0 Å². The Kier molecular flexibility index (Phi) is 1.68. The molecule has 60 valence electrons. The summed E-state index contributed by atoms with van der Waals surface area (Å²) in [6.07, 6.45) is 1.82. The van der Waals surface area contributed by atoms with E-state index in [0.29, 0.717) is 6.42 Å². The lowest BCUT2D eigenvalue weighted by Crippen LogP contribution is -2.46. The number of carboxylic acids is 1. The van der Waals surface area contributed by atoms with Crippen molar-refractivity contribution in [1.82, 2.24) is 5.32 Å². The first-order chi connectivity index (χ1) is 5.10. The Labute approximate surface area is 63.9 Å². The van der Waals surface area contributed by atoms with E-state index in [1.165, 1.54) is 6.08 Å². The molecule has 1 unspecified atom stereocenters. The molecular weight excluding hydrogens is 146 g/mol. The molecule has 0 saturated carbocycles. The topological polar surface area (TPSA) is 66.4 Å². The van der Waals surface area contributed by atoms with Crippen LogP contribution in [0.2, 0.25) is 0 Å². The molecule has 0 spiro atoms. The SMILES string of the molecule is C=CC1(C(=O)O)CCC(=O)N1. The summed E-state index contributed by atoms with van der Waals surface area (Å²) in [6.45, 7) is 3.38. The minimum Gasteiger partial charge on any atom is -0.479 e. The van der Waals surface area contributed by atoms with Crippen LogP contribution in [0.25, 0.3) is 0 Å². The number of hydrogen-bond acceptors (Lipinski definition) is 2. The molecule has 1 atom stereocenters. The van der Waals surface area contributed by atoms with E-state index in [1.807, 2.05) is 0 Å². The highest BCUT2D eigenvalue weighted by Crippen LogP contribution is 2.21. The van der Waals surface area contributed by atoms with Gasteiger partial charge >= 0.3 is 5.97 Å². The van der Waals surface area contributed by atoms with Gasteiger partial charge in [-0.2, -0.15) is 0 Å². The summed E-state index contributed by atoms with van der Waals surface area (Å²) in [6, 6.07) is 0. The summed E-state index contributed by atoms with van der Waals surface area (Å²) in [5, 5.41) is 11.1. The monoisotopic (exact) mass is 155 g/mol. The van der Waals surface area contributed by atoms with Crippen LogP contribution in [-0.2, 0) is 9.59 Å². The zero-order chi connectivity index (χ0) is 8.48. The van der Waals surface area contributed by atoms with Gasteiger partial charge in [0, 0.05) is 6.42 Å². The Balaban J connectivity index is 2.86. The second-order valence-corrected chi connectivity index (χ2v) is 2.53. The van der Waals surface area contributed by atoms with Crippen molar-refractivity contribution in [1.29, 1.82) is 0 Å². The first-order valence-corrected chi connectivity index (χ1v) is 3.29. The van der Waals surface area contributed by atoms with Crippen molar-refractivity contribution in [3.8, 4) is 0 Å². The molecule has 1 heterocycles. The molecule has 11 heavy (non-hydrogen) atoms. The van der Waals surface area contributed by atoms with Crippen molar-refractivity contribution in [2.75, 3.05) is 0 Å². The van der Waals surface area contributed by atoms with E-state index in [4.69, 9.17) is 5.11 Å². The number of carbonyl (C=O) groups excluding carboxylic acids is 1. The Morgan fingerprint density at radius 2 is 2.45 bits per heavy atom. The van der Waals surface area contributed by atoms with Gasteiger partial charge in [-0.05, 0) is 6.42 Å². The van der Waals surface area contributed by atoms with E-state index < -0.39 is 11.5 Å². The molecule has 1 saturated heterocycles. The first kappa shape index (κ1) is 7.78. The Morgan fingerprint density at radius 1 is 1.82 bits per heavy atom. The highest BCUT2D eigenvalue weighted by atomic mass is 16.4. The Hall–Kier alpha value is -1.32. The largest absolute Gasteiger partial charge is 0.479 e. The van der Waals surface area contributed by atoms with Crippen molar-refractivity contribution >= 4 is 11.9 Å². The van der Waals surface area contributed by atoms with Gasteiger partial charge in [-0.15, -0.1) is 6.58 Å². The standard InChI is InChI=1S/C7H9NO3/c1-2-7(6(10)11)4-3-5(9)8-7/h2H,1,3-4H2,(H,8,9)(H,10,11). The van der Waals surface area contributed by atoms with Crippen LogP contribution < -0.4 is 5.32 Å². The van der Waals surface area contributed by atoms with Crippen LogP contribution in [0.15, 0.2) is 12.7 Å². The molecule has 1 rings (SSSR count). The second-order valence-electron chi connectivity index (χ2n) is 2.53. The van der Waals surface area contributed by atoms with Gasteiger partial charge in [-0.3, -0.25) is 4.79 Å². The van der Waals surface area contributed by atoms with E-state index in [-0.39, 0.29) is 12.3 Å². The first-order valence-electron chi connectivity index (χ1n) is 3.29. The van der Waals surface area contributed by atoms with Crippen LogP contribution in [0.1, 0.15) is 12.8 Å². The van der Waals surface area contributed by atoms with E-state index in [1.54, 1.807) is 0 Å². The molecule has 2 N–H and O–H groups in total. The molecule has 1 amide bonds. The third kappa shape index (κ3) is 1.11. The van der Waals surface area contributed by atoms with Crippen LogP contribution >= 0.6 is 0 Å². The maximum atomic E-state index is 10.7. The van der Waals surface area contributed by atoms with Crippen LogP contribution in [-0.4, -0.2) is 22.5 Å². The van der Waals surface area contributed by atoms with Gasteiger partial charge < -0.3 is 10.4 Å². The van der Waals surface area contributed by atoms with Gasteiger partial charge in [-0.1, -0.05) is 6.08 Å². The normalized spacial score (nSPS) is 29.6. The predicted octanol–water partition coefficient (Wildman–Crippen LogP) is -0.0942. The summed E-state index contributed by atoms with van der Waals surface area (Å²) < 4.78 is 0. The zero-order valence-corrected chi connectivity index (χ0v) is 5.96. The fourth-order valence-electron chi connectivity index (χ4n) is 1.09. The van der Waals surface area contributed by atoms with Crippen LogP contribution in [0.4, 0.5) is 0 Å². The van der Waals surface area contributed by atoms with Gasteiger partial charge in [0.05, 0.1) is 0 Å². The molecule has 4 nitrogen and oxygen atoms in total. The molecule has 0 aromatic heterocycles. The van der Waals surface area contributed by atoms with Gasteiger partial charge in [0.2, 0.25) is 5.91 Å². The van der Waals surface area contributed by atoms with Crippen molar-refractivity contribution < 1.29 is 14.7 Å². The van der Waals surface area contributed by atoms with Gasteiger partial charge in [0.25, 0.3) is 0 Å². The van der Waals surface area contributed by atoms with Gasteiger partial charge in [-0.25, -0.2) is 4.79 Å². The summed E-state index contributed by atoms with van der Waals surface area (Å²) in [4.78, 5) is 21.3. The van der Waals surface area contributed by atoms with Gasteiger partial charge in [0.1, 0.15) is 0 Å². The number of nitrogens with one attached hydrogen (secondary N) is 1. The number of hydrogen-bond donors (Lipinski definition) is 2. The van der Waals surface area contributed by atoms with E-state index >= 15 is 0 Å². The van der Waals surface area contributed by atoms with Crippen LogP contribution in [0.5, 0.6) is 0 Å². The van der Waals surface area contributed by atoms with Crippen molar-refractivity contribution in [2.45, 2.75) is 18.4 Å². The molecular formula is C7H9NO3. The van der Waals surface area contributed by atoms with E-state index in [9.17, 15) is 9.59 Å². The fraction of sp³-hybridized carbons (Fsp3) is 0.429. The average Bonchev–Trinajstić information content (AvgIpc) is 2.33. The lowest BCUT2D eigenvalue weighted by Gasteiger charge is -2.18. The highest BCUT2D eigenvalue weighted by molar-refractivity contribution is 5.92. The average molecular weight is 155 g/mol. The summed E-state index contributed by atoms with van der Waals surface area (Å²) in [7, 11) is 0. The van der Waals surface area contributed by atoms with E-state index in [2.05, 4.69) is 11.9 Å². The number of aliphatic carboxylic acids is 1. The molecule has 0 radical (unpaired) electrons. The summed E-state index contributed by atoms with van der Waals surface area (Å²) in [5.41, 5.74) is -1.21. The molecule has 0 aliphatic carbocycles. The predicted molar refractivity (Wildman–Crippen MR) is 37.9 cm³/mol. The summed E-state index contributed by atoms with van der Waals surface area (Å²) >= 11 is 0. The van der Waals surface area contributed by atoms with Crippen LogP contribution in [0.3, 0.4) is 0 Å². The summed E-state index contributed by atoms with van der Waals surface area (Å²) in [5.74, 6) is -1.27. The van der Waals surface area contributed by atoms with Crippen LogP contribution in [0, 0.1) is 0 Å². The lowest BCUT2D eigenvalue weighted by atomic mass is 9.98. The minimum absolute atomic E-state index is 0.229. The molecule has 1 aliphatic heterocycles. The highest BCUT2D eigenvalue weighted by Gasteiger charge is 2.41. The zero-order valence-electron chi connectivity index (χ0n) is 5.96. The van der Waals surface area contributed by atoms with E-state index in [0.717, 1.165) is 0 Å². The fourth-order valence-corrected chi connectivity index (χ4v) is 1.09. The molecule has 0 aromatic carbocycles. The molecule has 1 fully saturated rings. The smallest absolute Gasteiger partial charge is 0.333 e. The van der Waals surface area contributed by atoms with Crippen molar-refractivity contribution in [3.63, 3.8) is 0 Å². The number of amides is 1. The molecule has 0 aromatic rings. The van der Waals surface area contributed by atoms with Gasteiger partial charge in [0.15, 0.2) is 5.54 Å². The molecule has 1 aliphatic rings. The number of rotatable bonds is 2. The minimum atomic E-state index is -1.21. The third-order valence-corrected chi connectivity index (χ3v) is 1.84. The number of carboxylic acid groups (broad SMARTS) is 1. The lowest BCUT2D eigenvalue weighted by molar-refractivity contribution is -0.143. The second kappa shape index (κ2) is 2.38. The Bertz CT molecular complexity index is 224.